The van der Waals surface area contributed by atoms with Crippen molar-refractivity contribution in [3.63, 3.8) is 0 Å². The molecule has 23 heavy (non-hydrogen) atoms. The Morgan fingerprint density at radius 2 is 1.26 bits per heavy atom. The molecule has 0 fully saturated rings. The average molecular weight is 318 g/mol. The number of aliphatic hydroxyl groups is 1. The summed E-state index contributed by atoms with van der Waals surface area (Å²) in [5.74, 6) is -2.00. The fourth-order valence-electron chi connectivity index (χ4n) is 1.93. The first kappa shape index (κ1) is 21.0. The van der Waals surface area contributed by atoms with Crippen molar-refractivity contribution in [1.29, 1.82) is 0 Å². The Morgan fingerprint density at radius 3 is 1.87 bits per heavy atom. The maximum atomic E-state index is 10.3. The number of rotatable bonds is 13. The average Bonchev–Trinajstić information content (AvgIpc) is 2.54. The van der Waals surface area contributed by atoms with Crippen molar-refractivity contribution >= 4 is 5.97 Å². The van der Waals surface area contributed by atoms with Crippen LogP contribution in [-0.2, 0) is 4.79 Å². The first-order valence-corrected chi connectivity index (χ1v) is 8.47. The number of hydrogen-bond acceptors (Lipinski definition) is 2. The number of unbranched alkanes of at least 4 members (excludes halogenated alkanes) is 7. The minimum Gasteiger partial charge on any atom is -0.502 e. The molecular weight excluding hydrogens is 288 g/mol. The first-order valence-electron chi connectivity index (χ1n) is 8.47. The van der Waals surface area contributed by atoms with Crippen LogP contribution in [0.1, 0.15) is 58.3 Å². The molecule has 3 nitrogen and oxygen atoms in total. The third-order valence-electron chi connectivity index (χ3n) is 3.25. The lowest BCUT2D eigenvalue weighted by molar-refractivity contribution is -0.135. The van der Waals surface area contributed by atoms with Crippen molar-refractivity contribution in [2.75, 3.05) is 0 Å². The Kier molecular flexibility index (Phi) is 14.9. The topological polar surface area (TPSA) is 57.5 Å². The van der Waals surface area contributed by atoms with Gasteiger partial charge in [0.1, 0.15) is 0 Å². The van der Waals surface area contributed by atoms with Crippen LogP contribution < -0.4 is 0 Å². The Hall–Kier alpha value is -2.03. The summed E-state index contributed by atoms with van der Waals surface area (Å²) >= 11 is 0. The zero-order valence-electron chi connectivity index (χ0n) is 14.2. The second-order valence-corrected chi connectivity index (χ2v) is 5.35. The number of allylic oxidation sites excluding steroid dienone is 9. The number of carboxylic acid groups (broad SMARTS) is 1. The summed E-state index contributed by atoms with van der Waals surface area (Å²) in [6.07, 6.45) is 26.5. The molecule has 0 aliphatic heterocycles. The molecule has 3 heteroatoms. The van der Waals surface area contributed by atoms with E-state index in [1.165, 1.54) is 51.0 Å². The van der Waals surface area contributed by atoms with Crippen LogP contribution in [0.4, 0.5) is 0 Å². The third kappa shape index (κ3) is 16.2. The molecule has 0 aliphatic rings. The zero-order valence-corrected chi connectivity index (χ0v) is 14.2. The predicted octanol–water partition coefficient (Wildman–Crippen LogP) is 5.88. The summed E-state index contributed by atoms with van der Waals surface area (Å²) in [5, 5.41) is 17.3. The molecule has 0 amide bonds. The van der Waals surface area contributed by atoms with Gasteiger partial charge in [-0.25, -0.2) is 4.79 Å². The third-order valence-corrected chi connectivity index (χ3v) is 3.25. The molecule has 2 N–H and O–H groups in total. The molecule has 0 heterocycles. The normalized spacial score (nSPS) is 13.2. The number of aliphatic carboxylic acids is 1. The van der Waals surface area contributed by atoms with Gasteiger partial charge in [0.2, 0.25) is 5.76 Å². The Morgan fingerprint density at radius 1 is 0.739 bits per heavy atom. The quantitative estimate of drug-likeness (QED) is 0.193. The number of aliphatic hydroxyl groups excluding tert-OH is 1. The van der Waals surface area contributed by atoms with E-state index in [0.717, 1.165) is 12.5 Å². The monoisotopic (exact) mass is 318 g/mol. The SMILES string of the molecule is CCCCCCCCCC=CC=CC=CC=CC=C(O)C(=O)O. The van der Waals surface area contributed by atoms with E-state index < -0.39 is 11.7 Å². The lowest BCUT2D eigenvalue weighted by Gasteiger charge is -1.98. The van der Waals surface area contributed by atoms with Crippen molar-refractivity contribution in [2.45, 2.75) is 58.3 Å². The molecule has 0 saturated carbocycles. The molecule has 0 aromatic carbocycles. The van der Waals surface area contributed by atoms with Gasteiger partial charge in [-0.15, -0.1) is 0 Å². The van der Waals surface area contributed by atoms with Gasteiger partial charge in [0.25, 0.3) is 0 Å². The van der Waals surface area contributed by atoms with Crippen LogP contribution in [0.25, 0.3) is 0 Å². The fraction of sp³-hybridized carbons (Fsp3) is 0.450. The molecule has 128 valence electrons. The van der Waals surface area contributed by atoms with Gasteiger partial charge in [0, 0.05) is 0 Å². The van der Waals surface area contributed by atoms with Gasteiger partial charge in [0.15, 0.2) is 0 Å². The summed E-state index contributed by atoms with van der Waals surface area (Å²) in [6, 6.07) is 0. The lowest BCUT2D eigenvalue weighted by Crippen LogP contribution is -1.97. The van der Waals surface area contributed by atoms with Crippen molar-refractivity contribution in [1.82, 2.24) is 0 Å². The maximum Gasteiger partial charge on any atom is 0.370 e. The van der Waals surface area contributed by atoms with Crippen LogP contribution in [0.5, 0.6) is 0 Å². The van der Waals surface area contributed by atoms with E-state index in [1.54, 1.807) is 12.2 Å². The second kappa shape index (κ2) is 16.3. The second-order valence-electron chi connectivity index (χ2n) is 5.35. The van der Waals surface area contributed by atoms with Crippen molar-refractivity contribution in [3.8, 4) is 0 Å². The molecule has 0 bridgehead atoms. The van der Waals surface area contributed by atoms with Gasteiger partial charge >= 0.3 is 5.97 Å². The van der Waals surface area contributed by atoms with Crippen LogP contribution >= 0.6 is 0 Å². The van der Waals surface area contributed by atoms with Gasteiger partial charge < -0.3 is 10.2 Å². The maximum absolute atomic E-state index is 10.3. The highest BCUT2D eigenvalue weighted by Gasteiger charge is 1.99. The molecular formula is C20H30O3. The highest BCUT2D eigenvalue weighted by Crippen LogP contribution is 2.08. The van der Waals surface area contributed by atoms with Gasteiger partial charge in [-0.1, -0.05) is 94.1 Å². The van der Waals surface area contributed by atoms with E-state index in [2.05, 4.69) is 13.0 Å². The molecule has 0 aliphatic carbocycles. The van der Waals surface area contributed by atoms with Gasteiger partial charge in [-0.05, 0) is 18.9 Å². The van der Waals surface area contributed by atoms with Crippen LogP contribution in [0.2, 0.25) is 0 Å². The molecule has 0 aromatic heterocycles. The highest BCUT2D eigenvalue weighted by atomic mass is 16.4. The van der Waals surface area contributed by atoms with E-state index in [1.807, 2.05) is 24.3 Å². The van der Waals surface area contributed by atoms with Crippen molar-refractivity contribution in [2.24, 2.45) is 0 Å². The Balaban J connectivity index is 3.62. The fourth-order valence-corrected chi connectivity index (χ4v) is 1.93. The molecule has 0 saturated heterocycles. The molecule has 0 spiro atoms. The van der Waals surface area contributed by atoms with E-state index in [-0.39, 0.29) is 0 Å². The minimum atomic E-state index is -1.33. The Labute approximate surface area is 140 Å². The Bertz CT molecular complexity index is 440. The van der Waals surface area contributed by atoms with Gasteiger partial charge in [-0.2, -0.15) is 0 Å². The van der Waals surface area contributed by atoms with Crippen molar-refractivity contribution in [3.05, 3.63) is 60.4 Å². The van der Waals surface area contributed by atoms with Gasteiger partial charge in [-0.3, -0.25) is 0 Å². The van der Waals surface area contributed by atoms with E-state index in [9.17, 15) is 4.79 Å². The molecule has 0 aromatic rings. The van der Waals surface area contributed by atoms with Crippen molar-refractivity contribution < 1.29 is 15.0 Å². The van der Waals surface area contributed by atoms with Crippen LogP contribution in [0.15, 0.2) is 60.4 Å². The zero-order chi connectivity index (χ0) is 17.2. The van der Waals surface area contributed by atoms with E-state index in [4.69, 9.17) is 10.2 Å². The minimum absolute atomic E-state index is 0.668. The summed E-state index contributed by atoms with van der Waals surface area (Å²) in [6.45, 7) is 2.24. The highest BCUT2D eigenvalue weighted by molar-refractivity contribution is 5.83. The van der Waals surface area contributed by atoms with E-state index in [0.29, 0.717) is 0 Å². The van der Waals surface area contributed by atoms with Gasteiger partial charge in [0.05, 0.1) is 0 Å². The summed E-state index contributed by atoms with van der Waals surface area (Å²) in [5.41, 5.74) is 0. The predicted molar refractivity (Wildman–Crippen MR) is 97.5 cm³/mol. The van der Waals surface area contributed by atoms with Crippen LogP contribution in [0, 0.1) is 0 Å². The smallest absolute Gasteiger partial charge is 0.370 e. The summed E-state index contributed by atoms with van der Waals surface area (Å²) in [7, 11) is 0. The summed E-state index contributed by atoms with van der Waals surface area (Å²) < 4.78 is 0. The number of carboxylic acids is 1. The first-order chi connectivity index (χ1) is 11.2. The lowest BCUT2D eigenvalue weighted by atomic mass is 10.1. The van der Waals surface area contributed by atoms with Crippen LogP contribution in [-0.4, -0.2) is 16.2 Å². The molecule has 0 atom stereocenters. The number of carbonyl (C=O) groups is 1. The van der Waals surface area contributed by atoms with E-state index >= 15 is 0 Å². The standard InChI is InChI=1S/C20H30O3/c1-2-3-4-5-6-7-8-9-10-11-12-13-14-15-16-17-18-19(21)20(22)23/h10-18,21H,2-9H2,1H3,(H,22,23). The number of hydrogen-bond donors (Lipinski definition) is 2. The molecule has 0 radical (unpaired) electrons. The molecule has 0 unspecified atom stereocenters. The largest absolute Gasteiger partial charge is 0.502 e. The summed E-state index contributed by atoms with van der Waals surface area (Å²) in [4.78, 5) is 10.3. The van der Waals surface area contributed by atoms with Crippen LogP contribution in [0.3, 0.4) is 0 Å². The molecule has 0 rings (SSSR count).